The van der Waals surface area contributed by atoms with Crippen LogP contribution in [0.25, 0.3) is 0 Å². The summed E-state index contributed by atoms with van der Waals surface area (Å²) in [4.78, 5) is 37.2. The van der Waals surface area contributed by atoms with Crippen molar-refractivity contribution < 1.29 is 19.1 Å². The Morgan fingerprint density at radius 3 is 2.32 bits per heavy atom. The van der Waals surface area contributed by atoms with E-state index in [1.807, 2.05) is 36.4 Å². The van der Waals surface area contributed by atoms with Gasteiger partial charge in [0.1, 0.15) is 6.04 Å². The van der Waals surface area contributed by atoms with Gasteiger partial charge in [0.25, 0.3) is 5.91 Å². The van der Waals surface area contributed by atoms with Gasteiger partial charge < -0.3 is 15.4 Å². The molecule has 0 radical (unpaired) electrons. The fraction of sp³-hybridized carbons (Fsp3) is 0.304. The fourth-order valence-electron chi connectivity index (χ4n) is 3.10. The van der Waals surface area contributed by atoms with Crippen LogP contribution in [-0.4, -0.2) is 47.8 Å². The van der Waals surface area contributed by atoms with E-state index in [2.05, 4.69) is 15.7 Å². The number of hydrazone groups is 1. The molecule has 3 rings (SSSR count). The number of hydrogen-bond donors (Lipinski definition) is 2. The molecule has 8 heteroatoms. The summed E-state index contributed by atoms with van der Waals surface area (Å²) in [5.74, 6) is -1.30. The third-order valence-corrected chi connectivity index (χ3v) is 4.77. The van der Waals surface area contributed by atoms with Gasteiger partial charge in [-0.1, -0.05) is 62.4 Å². The molecule has 0 saturated carbocycles. The van der Waals surface area contributed by atoms with Crippen molar-refractivity contribution in [1.29, 1.82) is 0 Å². The lowest BCUT2D eigenvalue weighted by atomic mass is 10.1. The van der Waals surface area contributed by atoms with Crippen LogP contribution in [0.1, 0.15) is 25.8 Å². The van der Waals surface area contributed by atoms with Gasteiger partial charge in [0.2, 0.25) is 0 Å². The lowest BCUT2D eigenvalue weighted by Gasteiger charge is -2.21. The monoisotopic (exact) mass is 422 g/mol. The quantitative estimate of drug-likeness (QED) is 0.670. The predicted octanol–water partition coefficient (Wildman–Crippen LogP) is 3.01. The standard InChI is InChI=1S/C23H26N4O4/c1-16(2)21(25-23(30)24-18-11-7-4-8-12-18)22(29)31-15-20(28)27-14-13-19(26-27)17-9-5-3-6-10-17/h3-12,16,21H,13-15H2,1-2H3,(H2,24,25,30)/t21-/m0/s1. The van der Waals surface area contributed by atoms with E-state index < -0.39 is 30.6 Å². The number of nitrogens with zero attached hydrogens (tertiary/aromatic N) is 2. The second-order valence-electron chi connectivity index (χ2n) is 7.47. The van der Waals surface area contributed by atoms with Crippen molar-refractivity contribution in [3.05, 3.63) is 66.2 Å². The highest BCUT2D eigenvalue weighted by Crippen LogP contribution is 2.14. The Balaban J connectivity index is 1.52. The molecule has 2 N–H and O–H groups in total. The number of carbonyl (C=O) groups excluding carboxylic acids is 3. The molecule has 2 aromatic carbocycles. The van der Waals surface area contributed by atoms with E-state index >= 15 is 0 Å². The molecule has 0 spiro atoms. The number of benzene rings is 2. The summed E-state index contributed by atoms with van der Waals surface area (Å²) in [6.07, 6.45) is 0.638. The molecule has 2 aromatic rings. The summed E-state index contributed by atoms with van der Waals surface area (Å²) < 4.78 is 5.19. The number of ether oxygens (including phenoxy) is 1. The van der Waals surface area contributed by atoms with Gasteiger partial charge >= 0.3 is 12.0 Å². The molecular formula is C23H26N4O4. The van der Waals surface area contributed by atoms with Crippen molar-refractivity contribution in [2.24, 2.45) is 11.0 Å². The number of esters is 1. The first-order chi connectivity index (χ1) is 14.9. The number of nitrogens with one attached hydrogen (secondary N) is 2. The number of hydrogen-bond acceptors (Lipinski definition) is 5. The Hall–Kier alpha value is -3.68. The van der Waals surface area contributed by atoms with Crippen molar-refractivity contribution >= 4 is 29.3 Å². The SMILES string of the molecule is CC(C)[C@H](NC(=O)Nc1ccccc1)C(=O)OCC(=O)N1CCC(c2ccccc2)=N1. The van der Waals surface area contributed by atoms with Gasteiger partial charge in [-0.2, -0.15) is 5.10 Å². The van der Waals surface area contributed by atoms with E-state index in [1.54, 1.807) is 38.1 Å². The lowest BCUT2D eigenvalue weighted by Crippen LogP contribution is -2.47. The van der Waals surface area contributed by atoms with Crippen LogP contribution < -0.4 is 10.6 Å². The third kappa shape index (κ3) is 6.15. The Morgan fingerprint density at radius 1 is 1.03 bits per heavy atom. The largest absolute Gasteiger partial charge is 0.454 e. The van der Waals surface area contributed by atoms with Gasteiger partial charge in [0.05, 0.1) is 12.3 Å². The number of carbonyl (C=O) groups is 3. The first kappa shape index (κ1) is 22.0. The fourth-order valence-corrected chi connectivity index (χ4v) is 3.10. The zero-order chi connectivity index (χ0) is 22.2. The second-order valence-corrected chi connectivity index (χ2v) is 7.47. The maximum absolute atomic E-state index is 12.5. The lowest BCUT2D eigenvalue weighted by molar-refractivity contribution is -0.154. The van der Waals surface area contributed by atoms with Crippen molar-refractivity contribution in [3.63, 3.8) is 0 Å². The molecule has 1 atom stereocenters. The summed E-state index contributed by atoms with van der Waals surface area (Å²) >= 11 is 0. The Morgan fingerprint density at radius 2 is 1.68 bits per heavy atom. The first-order valence-electron chi connectivity index (χ1n) is 10.2. The second kappa shape index (κ2) is 10.4. The van der Waals surface area contributed by atoms with E-state index in [0.717, 1.165) is 11.3 Å². The Bertz CT molecular complexity index is 945. The van der Waals surface area contributed by atoms with Gasteiger partial charge in [-0.15, -0.1) is 0 Å². The highest BCUT2D eigenvalue weighted by atomic mass is 16.5. The van der Waals surface area contributed by atoms with Crippen molar-refractivity contribution in [2.45, 2.75) is 26.3 Å². The van der Waals surface area contributed by atoms with E-state index in [1.165, 1.54) is 5.01 Å². The van der Waals surface area contributed by atoms with Crippen molar-refractivity contribution in [3.8, 4) is 0 Å². The molecule has 0 fully saturated rings. The zero-order valence-corrected chi connectivity index (χ0v) is 17.6. The van der Waals surface area contributed by atoms with Gasteiger partial charge in [0, 0.05) is 12.1 Å². The molecule has 1 heterocycles. The van der Waals surface area contributed by atoms with E-state index in [-0.39, 0.29) is 5.92 Å². The molecule has 31 heavy (non-hydrogen) atoms. The molecule has 0 saturated heterocycles. The van der Waals surface area contributed by atoms with Crippen LogP contribution in [0.3, 0.4) is 0 Å². The molecular weight excluding hydrogens is 396 g/mol. The van der Waals surface area contributed by atoms with Crippen molar-refractivity contribution in [2.75, 3.05) is 18.5 Å². The van der Waals surface area contributed by atoms with Crippen LogP contribution in [0.5, 0.6) is 0 Å². The number of rotatable bonds is 7. The molecule has 0 unspecified atom stereocenters. The summed E-state index contributed by atoms with van der Waals surface area (Å²) in [6.45, 7) is 3.57. The van der Waals surface area contributed by atoms with Crippen LogP contribution in [0.15, 0.2) is 65.8 Å². The topological polar surface area (TPSA) is 100 Å². The Kier molecular flexibility index (Phi) is 7.37. The predicted molar refractivity (Wildman–Crippen MR) is 117 cm³/mol. The average molecular weight is 422 g/mol. The van der Waals surface area contributed by atoms with Crippen LogP contribution in [-0.2, 0) is 14.3 Å². The molecule has 3 amide bonds. The minimum Gasteiger partial charge on any atom is -0.454 e. The van der Waals surface area contributed by atoms with Crippen molar-refractivity contribution in [1.82, 2.24) is 10.3 Å². The molecule has 162 valence electrons. The number of urea groups is 1. The maximum atomic E-state index is 12.5. The minimum atomic E-state index is -0.890. The van der Waals surface area contributed by atoms with Gasteiger partial charge in [-0.05, 0) is 23.6 Å². The highest BCUT2D eigenvalue weighted by molar-refractivity contribution is 6.02. The summed E-state index contributed by atoms with van der Waals surface area (Å²) in [7, 11) is 0. The molecule has 0 bridgehead atoms. The molecule has 8 nitrogen and oxygen atoms in total. The average Bonchev–Trinajstić information content (AvgIpc) is 3.27. The summed E-state index contributed by atoms with van der Waals surface area (Å²) in [5, 5.41) is 10.9. The van der Waals surface area contributed by atoms with Crippen LogP contribution in [0, 0.1) is 5.92 Å². The van der Waals surface area contributed by atoms with E-state index in [4.69, 9.17) is 4.74 Å². The smallest absolute Gasteiger partial charge is 0.329 e. The highest BCUT2D eigenvalue weighted by Gasteiger charge is 2.28. The number of amides is 3. The van der Waals surface area contributed by atoms with Crippen LogP contribution in [0.4, 0.5) is 10.5 Å². The first-order valence-corrected chi connectivity index (χ1v) is 10.2. The van der Waals surface area contributed by atoms with E-state index in [0.29, 0.717) is 18.7 Å². The number of anilines is 1. The Labute approximate surface area is 181 Å². The van der Waals surface area contributed by atoms with Gasteiger partial charge in [-0.3, -0.25) is 4.79 Å². The normalized spacial score (nSPS) is 14.0. The molecule has 1 aliphatic heterocycles. The number of para-hydroxylation sites is 1. The van der Waals surface area contributed by atoms with E-state index in [9.17, 15) is 14.4 Å². The molecule has 1 aliphatic rings. The van der Waals surface area contributed by atoms with Crippen LogP contribution in [0.2, 0.25) is 0 Å². The molecule has 0 aromatic heterocycles. The molecule has 0 aliphatic carbocycles. The van der Waals surface area contributed by atoms with Gasteiger partial charge in [0.15, 0.2) is 6.61 Å². The zero-order valence-electron chi connectivity index (χ0n) is 17.6. The third-order valence-electron chi connectivity index (χ3n) is 4.77. The maximum Gasteiger partial charge on any atom is 0.329 e. The minimum absolute atomic E-state index is 0.224. The summed E-state index contributed by atoms with van der Waals surface area (Å²) in [5.41, 5.74) is 2.38. The van der Waals surface area contributed by atoms with Crippen LogP contribution >= 0.6 is 0 Å². The van der Waals surface area contributed by atoms with Gasteiger partial charge in [-0.25, -0.2) is 14.6 Å². The summed E-state index contributed by atoms with van der Waals surface area (Å²) in [6, 6.07) is 17.1.